The normalized spacial score (nSPS) is 11.7. The molecule has 0 bridgehead atoms. The lowest BCUT2D eigenvalue weighted by Crippen LogP contribution is -2.11. The first-order valence-electron chi connectivity index (χ1n) is 6.95. The standard InChI is InChI=1S/C17H20N2O2/c1-3-15(12-7-5-4-6-8-12)19-16-10-9-13(11-14(16)18)17(20)21-2/h4-11,15,19H,3,18H2,1-2H3. The lowest BCUT2D eigenvalue weighted by atomic mass is 10.0. The van der Waals surface area contributed by atoms with Gasteiger partial charge in [0.1, 0.15) is 0 Å². The Balaban J connectivity index is 2.20. The Hall–Kier alpha value is -2.49. The van der Waals surface area contributed by atoms with E-state index in [0.717, 1.165) is 12.1 Å². The Kier molecular flexibility index (Phi) is 4.82. The van der Waals surface area contributed by atoms with Gasteiger partial charge in [-0.2, -0.15) is 0 Å². The van der Waals surface area contributed by atoms with E-state index < -0.39 is 0 Å². The summed E-state index contributed by atoms with van der Waals surface area (Å²) in [6.45, 7) is 2.11. The Morgan fingerprint density at radius 3 is 2.52 bits per heavy atom. The second kappa shape index (κ2) is 6.79. The van der Waals surface area contributed by atoms with Crippen LogP contribution in [0.2, 0.25) is 0 Å². The molecule has 0 saturated carbocycles. The quantitative estimate of drug-likeness (QED) is 0.650. The van der Waals surface area contributed by atoms with Gasteiger partial charge in [0, 0.05) is 0 Å². The molecular formula is C17H20N2O2. The highest BCUT2D eigenvalue weighted by Gasteiger charge is 2.12. The third-order valence-electron chi connectivity index (χ3n) is 3.41. The van der Waals surface area contributed by atoms with Crippen LogP contribution in [-0.2, 0) is 4.74 Å². The fourth-order valence-corrected chi connectivity index (χ4v) is 2.23. The molecule has 4 heteroatoms. The summed E-state index contributed by atoms with van der Waals surface area (Å²) in [5, 5.41) is 3.42. The molecule has 0 amide bonds. The number of methoxy groups -OCH3 is 1. The number of ether oxygens (including phenoxy) is 1. The second-order valence-electron chi connectivity index (χ2n) is 4.81. The summed E-state index contributed by atoms with van der Waals surface area (Å²) in [6.07, 6.45) is 0.933. The van der Waals surface area contributed by atoms with Crippen molar-refractivity contribution in [2.24, 2.45) is 0 Å². The summed E-state index contributed by atoms with van der Waals surface area (Å²) >= 11 is 0. The molecule has 0 aromatic heterocycles. The van der Waals surface area contributed by atoms with Gasteiger partial charge in [-0.1, -0.05) is 37.3 Å². The minimum absolute atomic E-state index is 0.178. The van der Waals surface area contributed by atoms with Crippen molar-refractivity contribution in [2.45, 2.75) is 19.4 Å². The van der Waals surface area contributed by atoms with E-state index in [4.69, 9.17) is 5.73 Å². The van der Waals surface area contributed by atoms with E-state index in [2.05, 4.69) is 29.1 Å². The molecule has 1 unspecified atom stereocenters. The zero-order valence-corrected chi connectivity index (χ0v) is 12.3. The Morgan fingerprint density at radius 1 is 1.24 bits per heavy atom. The van der Waals surface area contributed by atoms with E-state index >= 15 is 0 Å². The number of rotatable bonds is 5. The lowest BCUT2D eigenvalue weighted by Gasteiger charge is -2.20. The van der Waals surface area contributed by atoms with Crippen LogP contribution in [0.25, 0.3) is 0 Å². The van der Waals surface area contributed by atoms with E-state index in [9.17, 15) is 4.79 Å². The average Bonchev–Trinajstić information content (AvgIpc) is 2.53. The molecule has 0 spiro atoms. The molecule has 0 fully saturated rings. The van der Waals surface area contributed by atoms with E-state index in [1.54, 1.807) is 12.1 Å². The number of carbonyl (C=O) groups excluding carboxylic acids is 1. The van der Waals surface area contributed by atoms with Gasteiger partial charge in [-0.05, 0) is 30.2 Å². The van der Waals surface area contributed by atoms with Crippen molar-refractivity contribution in [3.05, 3.63) is 59.7 Å². The van der Waals surface area contributed by atoms with Crippen molar-refractivity contribution in [1.29, 1.82) is 0 Å². The van der Waals surface area contributed by atoms with E-state index in [1.807, 2.05) is 24.3 Å². The van der Waals surface area contributed by atoms with Gasteiger partial charge in [-0.3, -0.25) is 0 Å². The summed E-state index contributed by atoms with van der Waals surface area (Å²) in [5.74, 6) is -0.386. The highest BCUT2D eigenvalue weighted by Crippen LogP contribution is 2.27. The van der Waals surface area contributed by atoms with Crippen molar-refractivity contribution in [1.82, 2.24) is 0 Å². The summed E-state index contributed by atoms with van der Waals surface area (Å²) in [6, 6.07) is 15.5. The number of nitrogens with one attached hydrogen (secondary N) is 1. The van der Waals surface area contributed by atoms with Crippen LogP contribution >= 0.6 is 0 Å². The first kappa shape index (κ1) is 14.9. The SMILES string of the molecule is CCC(Nc1ccc(C(=O)OC)cc1N)c1ccccc1. The molecule has 21 heavy (non-hydrogen) atoms. The summed E-state index contributed by atoms with van der Waals surface area (Å²) < 4.78 is 4.69. The van der Waals surface area contributed by atoms with Crippen LogP contribution in [0, 0.1) is 0 Å². The molecule has 1 atom stereocenters. The van der Waals surface area contributed by atoms with Crippen LogP contribution in [-0.4, -0.2) is 13.1 Å². The number of nitrogen functional groups attached to an aromatic ring is 1. The molecule has 0 aliphatic carbocycles. The van der Waals surface area contributed by atoms with Gasteiger partial charge in [0.2, 0.25) is 0 Å². The minimum atomic E-state index is -0.386. The first-order valence-corrected chi connectivity index (χ1v) is 6.95. The molecule has 0 heterocycles. The molecule has 0 radical (unpaired) electrons. The second-order valence-corrected chi connectivity index (χ2v) is 4.81. The molecular weight excluding hydrogens is 264 g/mol. The van der Waals surface area contributed by atoms with Crippen molar-refractivity contribution >= 4 is 17.3 Å². The number of hydrogen-bond donors (Lipinski definition) is 2. The third-order valence-corrected chi connectivity index (χ3v) is 3.41. The van der Waals surface area contributed by atoms with E-state index in [-0.39, 0.29) is 12.0 Å². The van der Waals surface area contributed by atoms with Crippen molar-refractivity contribution < 1.29 is 9.53 Å². The predicted molar refractivity (Wildman–Crippen MR) is 85.3 cm³/mol. The van der Waals surface area contributed by atoms with Gasteiger partial charge in [0.05, 0.1) is 30.1 Å². The molecule has 2 aromatic rings. The van der Waals surface area contributed by atoms with Gasteiger partial charge in [-0.15, -0.1) is 0 Å². The molecule has 2 rings (SSSR count). The smallest absolute Gasteiger partial charge is 0.337 e. The largest absolute Gasteiger partial charge is 0.465 e. The minimum Gasteiger partial charge on any atom is -0.465 e. The monoisotopic (exact) mass is 284 g/mol. The Bertz CT molecular complexity index is 611. The zero-order valence-electron chi connectivity index (χ0n) is 12.3. The van der Waals surface area contributed by atoms with Crippen LogP contribution in [0.15, 0.2) is 48.5 Å². The molecule has 0 aliphatic rings. The van der Waals surface area contributed by atoms with Crippen LogP contribution in [0.1, 0.15) is 35.3 Å². The van der Waals surface area contributed by atoms with Gasteiger partial charge < -0.3 is 15.8 Å². The number of benzene rings is 2. The van der Waals surface area contributed by atoms with Crippen LogP contribution in [0.4, 0.5) is 11.4 Å². The van der Waals surface area contributed by atoms with Crippen molar-refractivity contribution in [3.63, 3.8) is 0 Å². The third kappa shape index (κ3) is 3.54. The summed E-state index contributed by atoms with van der Waals surface area (Å²) in [7, 11) is 1.35. The van der Waals surface area contributed by atoms with E-state index in [1.165, 1.54) is 12.7 Å². The molecule has 110 valence electrons. The fourth-order valence-electron chi connectivity index (χ4n) is 2.23. The summed E-state index contributed by atoms with van der Waals surface area (Å²) in [5.41, 5.74) is 9.03. The zero-order chi connectivity index (χ0) is 15.2. The van der Waals surface area contributed by atoms with Gasteiger partial charge in [-0.25, -0.2) is 4.79 Å². The molecule has 0 saturated heterocycles. The van der Waals surface area contributed by atoms with Crippen LogP contribution < -0.4 is 11.1 Å². The number of esters is 1. The van der Waals surface area contributed by atoms with Gasteiger partial charge in [0.15, 0.2) is 0 Å². The topological polar surface area (TPSA) is 64.3 Å². The Labute approximate surface area is 124 Å². The average molecular weight is 284 g/mol. The fraction of sp³-hybridized carbons (Fsp3) is 0.235. The summed E-state index contributed by atoms with van der Waals surface area (Å²) in [4.78, 5) is 11.5. The van der Waals surface area contributed by atoms with Gasteiger partial charge >= 0.3 is 5.97 Å². The Morgan fingerprint density at radius 2 is 1.95 bits per heavy atom. The number of nitrogens with two attached hydrogens (primary N) is 1. The molecule has 3 N–H and O–H groups in total. The maximum atomic E-state index is 11.5. The molecule has 0 aliphatic heterocycles. The van der Waals surface area contributed by atoms with Crippen LogP contribution in [0.5, 0.6) is 0 Å². The first-order chi connectivity index (χ1) is 10.2. The van der Waals surface area contributed by atoms with Crippen LogP contribution in [0.3, 0.4) is 0 Å². The molecule has 4 nitrogen and oxygen atoms in total. The van der Waals surface area contributed by atoms with E-state index in [0.29, 0.717) is 11.3 Å². The predicted octanol–water partition coefficient (Wildman–Crippen LogP) is 3.62. The highest BCUT2D eigenvalue weighted by atomic mass is 16.5. The highest BCUT2D eigenvalue weighted by molar-refractivity contribution is 5.91. The maximum Gasteiger partial charge on any atom is 0.337 e. The molecule has 2 aromatic carbocycles. The maximum absolute atomic E-state index is 11.5. The lowest BCUT2D eigenvalue weighted by molar-refractivity contribution is 0.0601. The number of hydrogen-bond acceptors (Lipinski definition) is 4. The van der Waals surface area contributed by atoms with Gasteiger partial charge in [0.25, 0.3) is 0 Å². The number of anilines is 2. The van der Waals surface area contributed by atoms with Crippen molar-refractivity contribution in [3.8, 4) is 0 Å². The van der Waals surface area contributed by atoms with Crippen molar-refractivity contribution in [2.75, 3.05) is 18.2 Å². The number of carbonyl (C=O) groups is 1.